The number of nitrogens with zero attached hydrogens (tertiary/aromatic N) is 3. The number of anilines is 2. The summed E-state index contributed by atoms with van der Waals surface area (Å²) in [7, 11) is 0. The monoisotopic (exact) mass is 514 g/mol. The summed E-state index contributed by atoms with van der Waals surface area (Å²) in [6.07, 6.45) is 2.87. The van der Waals surface area contributed by atoms with Gasteiger partial charge >= 0.3 is 11.5 Å². The van der Waals surface area contributed by atoms with Gasteiger partial charge in [0.05, 0.1) is 11.3 Å². The molecule has 0 atom stereocenters. The van der Waals surface area contributed by atoms with Gasteiger partial charge in [0.15, 0.2) is 0 Å². The average Bonchev–Trinajstić information content (AvgIpc) is 2.99. The standard InChI is InChI=1S/C25H21F3N4O3S/c1-24(2)22(34)32(18-8-10-19(11-9-18)36-25(26,27)28)23(35)31(24)15-16-12-13-29-14-20(16)21(33)30-17-6-4-3-5-7-17/h3-14H,15H2,1-2H3,(H,30,33). The van der Waals surface area contributed by atoms with E-state index in [4.69, 9.17) is 0 Å². The zero-order valence-corrected chi connectivity index (χ0v) is 20.1. The van der Waals surface area contributed by atoms with Crippen LogP contribution in [-0.2, 0) is 11.3 Å². The van der Waals surface area contributed by atoms with Gasteiger partial charge in [-0.2, -0.15) is 13.2 Å². The third kappa shape index (κ3) is 5.20. The number of hydrogen-bond acceptors (Lipinski definition) is 5. The van der Waals surface area contributed by atoms with Crippen LogP contribution in [0.1, 0.15) is 29.8 Å². The molecule has 1 aromatic heterocycles. The Morgan fingerprint density at radius 1 is 1.03 bits per heavy atom. The zero-order valence-electron chi connectivity index (χ0n) is 19.2. The van der Waals surface area contributed by atoms with Gasteiger partial charge in [-0.05, 0) is 73.6 Å². The van der Waals surface area contributed by atoms with Crippen molar-refractivity contribution in [1.82, 2.24) is 9.88 Å². The number of amides is 4. The van der Waals surface area contributed by atoms with Crippen LogP contribution in [0, 0.1) is 0 Å². The summed E-state index contributed by atoms with van der Waals surface area (Å²) in [6, 6.07) is 14.8. The van der Waals surface area contributed by atoms with Gasteiger partial charge in [0.2, 0.25) is 0 Å². The maximum absolute atomic E-state index is 13.4. The van der Waals surface area contributed by atoms with Crippen molar-refractivity contribution in [3.8, 4) is 0 Å². The summed E-state index contributed by atoms with van der Waals surface area (Å²) >= 11 is -0.282. The molecule has 11 heteroatoms. The van der Waals surface area contributed by atoms with E-state index in [9.17, 15) is 27.6 Å². The van der Waals surface area contributed by atoms with Crippen LogP contribution in [0.5, 0.6) is 0 Å². The Labute approximate surface area is 209 Å². The number of urea groups is 1. The summed E-state index contributed by atoms with van der Waals surface area (Å²) in [5.41, 5.74) is -4.26. The van der Waals surface area contributed by atoms with E-state index in [0.29, 0.717) is 11.3 Å². The van der Waals surface area contributed by atoms with Gasteiger partial charge in [-0.3, -0.25) is 14.6 Å². The molecule has 0 spiro atoms. The molecule has 1 fully saturated rings. The number of carbonyl (C=O) groups excluding carboxylic acids is 3. The van der Waals surface area contributed by atoms with E-state index in [1.54, 1.807) is 44.2 Å². The Morgan fingerprint density at radius 3 is 2.33 bits per heavy atom. The number of para-hydroxylation sites is 1. The fourth-order valence-corrected chi connectivity index (χ4v) is 4.32. The van der Waals surface area contributed by atoms with Crippen LogP contribution >= 0.6 is 11.8 Å². The largest absolute Gasteiger partial charge is 0.446 e. The van der Waals surface area contributed by atoms with Gasteiger partial charge < -0.3 is 10.2 Å². The number of benzene rings is 2. The quantitative estimate of drug-likeness (QED) is 0.337. The van der Waals surface area contributed by atoms with E-state index in [0.717, 1.165) is 4.90 Å². The van der Waals surface area contributed by atoms with Crippen molar-refractivity contribution in [3.05, 3.63) is 84.2 Å². The number of hydrogen-bond donors (Lipinski definition) is 1. The van der Waals surface area contributed by atoms with E-state index < -0.39 is 28.9 Å². The predicted molar refractivity (Wildman–Crippen MR) is 129 cm³/mol. The highest BCUT2D eigenvalue weighted by molar-refractivity contribution is 8.00. The maximum atomic E-state index is 13.4. The summed E-state index contributed by atoms with van der Waals surface area (Å²) in [5.74, 6) is -0.956. The van der Waals surface area contributed by atoms with Crippen molar-refractivity contribution >= 4 is 41.0 Å². The van der Waals surface area contributed by atoms with Crippen molar-refractivity contribution in [2.45, 2.75) is 36.3 Å². The molecule has 7 nitrogen and oxygen atoms in total. The highest BCUT2D eigenvalue weighted by Crippen LogP contribution is 2.39. The Hall–Kier alpha value is -3.86. The zero-order chi connectivity index (χ0) is 26.1. The first-order valence-electron chi connectivity index (χ1n) is 10.8. The minimum atomic E-state index is -4.45. The molecule has 0 bridgehead atoms. The number of thioether (sulfide) groups is 1. The SMILES string of the molecule is CC1(C)C(=O)N(c2ccc(SC(F)(F)F)cc2)C(=O)N1Cc1ccncc1C(=O)Nc1ccccc1. The number of halogens is 3. The first-order chi connectivity index (χ1) is 17.0. The smallest absolute Gasteiger partial charge is 0.322 e. The van der Waals surface area contributed by atoms with Crippen LogP contribution in [0.25, 0.3) is 0 Å². The lowest BCUT2D eigenvalue weighted by atomic mass is 10.0. The molecule has 186 valence electrons. The van der Waals surface area contributed by atoms with E-state index in [1.165, 1.54) is 41.6 Å². The lowest BCUT2D eigenvalue weighted by molar-refractivity contribution is -0.123. The molecular weight excluding hydrogens is 493 g/mol. The molecule has 1 saturated heterocycles. The Balaban J connectivity index is 1.58. The molecule has 0 unspecified atom stereocenters. The molecule has 0 saturated carbocycles. The number of carbonyl (C=O) groups is 3. The van der Waals surface area contributed by atoms with Gasteiger partial charge in [-0.1, -0.05) is 18.2 Å². The van der Waals surface area contributed by atoms with E-state index >= 15 is 0 Å². The molecule has 0 radical (unpaired) electrons. The molecule has 2 aromatic carbocycles. The summed E-state index contributed by atoms with van der Waals surface area (Å²) < 4.78 is 37.9. The second-order valence-corrected chi connectivity index (χ2v) is 9.60. The first kappa shape index (κ1) is 25.2. The van der Waals surface area contributed by atoms with Crippen molar-refractivity contribution in [2.24, 2.45) is 0 Å². The molecule has 1 N–H and O–H groups in total. The molecular formula is C25H21F3N4O3S. The second-order valence-electron chi connectivity index (χ2n) is 8.46. The van der Waals surface area contributed by atoms with Gasteiger partial charge in [-0.15, -0.1) is 0 Å². The molecule has 2 heterocycles. The van der Waals surface area contributed by atoms with Crippen LogP contribution < -0.4 is 10.2 Å². The minimum Gasteiger partial charge on any atom is -0.322 e. The van der Waals surface area contributed by atoms with Crippen molar-refractivity contribution in [1.29, 1.82) is 0 Å². The van der Waals surface area contributed by atoms with E-state index in [1.807, 2.05) is 6.07 Å². The second kappa shape index (κ2) is 9.65. The van der Waals surface area contributed by atoms with Crippen LogP contribution in [0.4, 0.5) is 29.3 Å². The van der Waals surface area contributed by atoms with Crippen molar-refractivity contribution in [3.63, 3.8) is 0 Å². The number of aromatic nitrogens is 1. The highest BCUT2D eigenvalue weighted by atomic mass is 32.2. The minimum absolute atomic E-state index is 0.0594. The van der Waals surface area contributed by atoms with Gasteiger partial charge in [-0.25, -0.2) is 9.69 Å². The third-order valence-corrected chi connectivity index (χ3v) is 6.41. The van der Waals surface area contributed by atoms with Gasteiger partial charge in [0.1, 0.15) is 5.54 Å². The average molecular weight is 515 g/mol. The molecule has 3 aromatic rings. The molecule has 4 rings (SSSR count). The van der Waals surface area contributed by atoms with Gasteiger partial charge in [0, 0.05) is 29.5 Å². The summed E-state index contributed by atoms with van der Waals surface area (Å²) in [6.45, 7) is 3.09. The van der Waals surface area contributed by atoms with E-state index in [2.05, 4.69) is 10.3 Å². The Morgan fingerprint density at radius 2 is 1.69 bits per heavy atom. The topological polar surface area (TPSA) is 82.6 Å². The third-order valence-electron chi connectivity index (χ3n) is 5.67. The lowest BCUT2D eigenvalue weighted by Crippen LogP contribution is -2.44. The number of pyridine rings is 1. The van der Waals surface area contributed by atoms with Crippen molar-refractivity contribution < 1.29 is 27.6 Å². The highest BCUT2D eigenvalue weighted by Gasteiger charge is 2.52. The molecule has 36 heavy (non-hydrogen) atoms. The number of nitrogens with one attached hydrogen (secondary N) is 1. The van der Waals surface area contributed by atoms with Crippen LogP contribution in [0.3, 0.4) is 0 Å². The Kier molecular flexibility index (Phi) is 6.77. The summed E-state index contributed by atoms with van der Waals surface area (Å²) in [5, 5.41) is 2.78. The van der Waals surface area contributed by atoms with Crippen LogP contribution in [0.15, 0.2) is 78.0 Å². The fourth-order valence-electron chi connectivity index (χ4n) is 3.78. The predicted octanol–water partition coefficient (Wildman–Crippen LogP) is 5.69. The summed E-state index contributed by atoms with van der Waals surface area (Å²) in [4.78, 5) is 45.7. The molecule has 1 aliphatic heterocycles. The fraction of sp³-hybridized carbons (Fsp3) is 0.200. The Bertz CT molecular complexity index is 1300. The van der Waals surface area contributed by atoms with Crippen LogP contribution in [0.2, 0.25) is 0 Å². The molecule has 0 aliphatic carbocycles. The number of rotatable bonds is 6. The molecule has 1 aliphatic rings. The first-order valence-corrected chi connectivity index (χ1v) is 11.6. The number of alkyl halides is 3. The van der Waals surface area contributed by atoms with Crippen molar-refractivity contribution in [2.75, 3.05) is 10.2 Å². The van der Waals surface area contributed by atoms with Gasteiger partial charge in [0.25, 0.3) is 11.8 Å². The lowest BCUT2D eigenvalue weighted by Gasteiger charge is -2.28. The van der Waals surface area contributed by atoms with E-state index in [-0.39, 0.29) is 34.5 Å². The maximum Gasteiger partial charge on any atom is 0.446 e. The van der Waals surface area contributed by atoms with Crippen LogP contribution in [-0.4, -0.2) is 38.8 Å². The number of imide groups is 1. The normalized spacial score (nSPS) is 15.4. The molecule has 4 amide bonds.